The van der Waals surface area contributed by atoms with Crippen LogP contribution in [0.15, 0.2) is 197 Å². The zero-order valence-corrected chi connectivity index (χ0v) is 28.7. The Hall–Kier alpha value is -7.10. The minimum atomic E-state index is 0.882. The van der Waals surface area contributed by atoms with E-state index in [1.807, 2.05) is 0 Å². The summed E-state index contributed by atoms with van der Waals surface area (Å²) in [4.78, 5) is 2.31. The smallest absolute Gasteiger partial charge is 0.143 e. The van der Waals surface area contributed by atoms with Gasteiger partial charge in [0.05, 0.1) is 0 Å². The third kappa shape index (κ3) is 4.82. The van der Waals surface area contributed by atoms with E-state index in [2.05, 4.69) is 193 Å². The summed E-state index contributed by atoms with van der Waals surface area (Å²) in [6, 6.07) is 66.7. The monoisotopic (exact) mass is 677 g/mol. The Morgan fingerprint density at radius 1 is 0.302 bits per heavy atom. The Bertz CT molecular complexity index is 3160. The lowest BCUT2D eigenvalue weighted by molar-refractivity contribution is 0.669. The molecule has 9 aromatic carbocycles. The van der Waals surface area contributed by atoms with E-state index < -0.39 is 0 Å². The van der Waals surface area contributed by atoms with Crippen LogP contribution in [0.3, 0.4) is 0 Å². The lowest BCUT2D eigenvalue weighted by atomic mass is 9.95. The van der Waals surface area contributed by atoms with Gasteiger partial charge in [-0.1, -0.05) is 115 Å². The number of hydrogen-bond acceptors (Lipinski definition) is 3. The highest BCUT2D eigenvalue weighted by Gasteiger charge is 2.18. The first kappa shape index (κ1) is 29.6. The van der Waals surface area contributed by atoms with E-state index in [0.717, 1.165) is 77.5 Å². The maximum absolute atomic E-state index is 6.66. The quantitative estimate of drug-likeness (QED) is 0.182. The van der Waals surface area contributed by atoms with E-state index in [0.29, 0.717) is 0 Å². The van der Waals surface area contributed by atoms with Gasteiger partial charge in [-0.3, -0.25) is 0 Å². The minimum Gasteiger partial charge on any atom is -0.456 e. The number of rotatable bonds is 5. The minimum absolute atomic E-state index is 0.882. The third-order valence-electron chi connectivity index (χ3n) is 10.6. The molecule has 0 spiro atoms. The molecule has 0 aliphatic heterocycles. The second-order valence-corrected chi connectivity index (χ2v) is 13.7. The van der Waals surface area contributed by atoms with Gasteiger partial charge in [-0.05, 0) is 111 Å². The predicted molar refractivity (Wildman–Crippen MR) is 222 cm³/mol. The molecule has 0 saturated heterocycles. The predicted octanol–water partition coefficient (Wildman–Crippen LogP) is 14.6. The van der Waals surface area contributed by atoms with Gasteiger partial charge in [0.25, 0.3) is 0 Å². The molecule has 0 aliphatic carbocycles. The second-order valence-electron chi connectivity index (χ2n) is 13.7. The molecule has 0 unspecified atom stereocenters. The Labute approximate surface area is 305 Å². The maximum Gasteiger partial charge on any atom is 0.143 e. The van der Waals surface area contributed by atoms with Crippen LogP contribution < -0.4 is 4.90 Å². The van der Waals surface area contributed by atoms with Gasteiger partial charge < -0.3 is 13.7 Å². The molecule has 0 atom stereocenters. The summed E-state index contributed by atoms with van der Waals surface area (Å²) in [5.74, 6) is 0. The molecule has 2 aromatic heterocycles. The molecule has 11 aromatic rings. The van der Waals surface area contributed by atoms with Crippen molar-refractivity contribution >= 4 is 82.5 Å². The van der Waals surface area contributed by atoms with Crippen molar-refractivity contribution in [3.63, 3.8) is 0 Å². The van der Waals surface area contributed by atoms with Crippen molar-refractivity contribution < 1.29 is 8.83 Å². The zero-order chi connectivity index (χ0) is 34.9. The van der Waals surface area contributed by atoms with Crippen LogP contribution in [0.4, 0.5) is 17.1 Å². The van der Waals surface area contributed by atoms with Crippen molar-refractivity contribution in [2.24, 2.45) is 0 Å². The molecule has 0 saturated carbocycles. The van der Waals surface area contributed by atoms with Crippen molar-refractivity contribution in [1.29, 1.82) is 0 Å². The normalized spacial score (nSPS) is 11.8. The summed E-state index contributed by atoms with van der Waals surface area (Å²) in [7, 11) is 0. The van der Waals surface area contributed by atoms with Gasteiger partial charge in [0.1, 0.15) is 22.3 Å². The lowest BCUT2D eigenvalue weighted by Crippen LogP contribution is -2.09. The molecule has 3 heteroatoms. The van der Waals surface area contributed by atoms with E-state index in [9.17, 15) is 0 Å². The standard InChI is InChI=1S/C50H31NO2/c1-3-11-33(12-4-1)43-31-46-41-25-21-36(29-48(41)53-50(46)42-18-10-9-17-40(42)43)32-19-22-38(23-20-32)51(37-15-5-2-6-16-37)39-24-26-47-45(30-39)44-27-34-13-7-8-14-35(34)28-49(44)52-47/h1-31H. The zero-order valence-electron chi connectivity index (χ0n) is 28.7. The molecule has 0 radical (unpaired) electrons. The number of nitrogens with zero attached hydrogens (tertiary/aromatic N) is 1. The molecule has 2 heterocycles. The van der Waals surface area contributed by atoms with Crippen molar-refractivity contribution in [3.05, 3.63) is 188 Å². The summed E-state index contributed by atoms with van der Waals surface area (Å²) >= 11 is 0. The molecule has 0 aliphatic rings. The SMILES string of the molecule is c1ccc(-c2cc3c4ccc(-c5ccc(N(c6ccccc6)c6ccc7oc8cc9ccccc9cc8c7c6)cc5)cc4oc3c3ccccc23)cc1. The van der Waals surface area contributed by atoms with Crippen LogP contribution in [-0.2, 0) is 0 Å². The summed E-state index contributed by atoms with van der Waals surface area (Å²) in [5.41, 5.74) is 11.5. The van der Waals surface area contributed by atoms with Crippen molar-refractivity contribution in [3.8, 4) is 22.3 Å². The molecular formula is C50H31NO2. The van der Waals surface area contributed by atoms with Gasteiger partial charge >= 0.3 is 0 Å². The first-order chi connectivity index (χ1) is 26.2. The second kappa shape index (κ2) is 11.7. The highest BCUT2D eigenvalue weighted by molar-refractivity contribution is 6.19. The van der Waals surface area contributed by atoms with Crippen LogP contribution >= 0.6 is 0 Å². The number of benzene rings is 9. The van der Waals surface area contributed by atoms with E-state index in [1.165, 1.54) is 27.3 Å². The van der Waals surface area contributed by atoms with Crippen LogP contribution in [0.2, 0.25) is 0 Å². The maximum atomic E-state index is 6.66. The van der Waals surface area contributed by atoms with Crippen molar-refractivity contribution in [2.75, 3.05) is 4.90 Å². The van der Waals surface area contributed by atoms with Gasteiger partial charge in [-0.2, -0.15) is 0 Å². The average Bonchev–Trinajstić information content (AvgIpc) is 3.78. The number of anilines is 3. The molecule has 53 heavy (non-hydrogen) atoms. The Morgan fingerprint density at radius 3 is 1.74 bits per heavy atom. The van der Waals surface area contributed by atoms with E-state index in [4.69, 9.17) is 8.83 Å². The van der Waals surface area contributed by atoms with Crippen LogP contribution in [0.25, 0.3) is 87.7 Å². The summed E-state index contributed by atoms with van der Waals surface area (Å²) in [6.45, 7) is 0. The molecule has 248 valence electrons. The Kier molecular flexibility index (Phi) is 6.55. The van der Waals surface area contributed by atoms with Gasteiger partial charge in [0, 0.05) is 44.0 Å². The van der Waals surface area contributed by atoms with E-state index in [-0.39, 0.29) is 0 Å². The average molecular weight is 678 g/mol. The molecular weight excluding hydrogens is 647 g/mol. The largest absolute Gasteiger partial charge is 0.456 e. The summed E-state index contributed by atoms with van der Waals surface area (Å²) < 4.78 is 13.0. The number of fused-ring (bicyclic) bond motifs is 9. The molecule has 0 amide bonds. The summed E-state index contributed by atoms with van der Waals surface area (Å²) in [6.07, 6.45) is 0. The van der Waals surface area contributed by atoms with Crippen LogP contribution in [0.5, 0.6) is 0 Å². The third-order valence-corrected chi connectivity index (χ3v) is 10.6. The van der Waals surface area contributed by atoms with Crippen LogP contribution in [0.1, 0.15) is 0 Å². The lowest BCUT2D eigenvalue weighted by Gasteiger charge is -2.25. The van der Waals surface area contributed by atoms with Gasteiger partial charge in [-0.25, -0.2) is 0 Å². The van der Waals surface area contributed by atoms with Crippen molar-refractivity contribution in [1.82, 2.24) is 0 Å². The number of para-hydroxylation sites is 1. The molecule has 3 nitrogen and oxygen atoms in total. The van der Waals surface area contributed by atoms with Crippen LogP contribution in [-0.4, -0.2) is 0 Å². The molecule has 11 rings (SSSR count). The van der Waals surface area contributed by atoms with Gasteiger partial charge in [0.15, 0.2) is 0 Å². The molecule has 0 N–H and O–H groups in total. The van der Waals surface area contributed by atoms with Crippen molar-refractivity contribution in [2.45, 2.75) is 0 Å². The van der Waals surface area contributed by atoms with E-state index >= 15 is 0 Å². The Balaban J connectivity index is 1.00. The van der Waals surface area contributed by atoms with Gasteiger partial charge in [0.2, 0.25) is 0 Å². The van der Waals surface area contributed by atoms with Gasteiger partial charge in [-0.15, -0.1) is 0 Å². The fraction of sp³-hybridized carbons (Fsp3) is 0. The fourth-order valence-corrected chi connectivity index (χ4v) is 8.05. The van der Waals surface area contributed by atoms with Crippen LogP contribution in [0, 0.1) is 0 Å². The molecule has 0 bridgehead atoms. The van der Waals surface area contributed by atoms with E-state index in [1.54, 1.807) is 0 Å². The first-order valence-corrected chi connectivity index (χ1v) is 18.0. The highest BCUT2D eigenvalue weighted by Crippen LogP contribution is 2.42. The first-order valence-electron chi connectivity index (χ1n) is 18.0. The summed E-state index contributed by atoms with van der Waals surface area (Å²) in [5, 5.41) is 9.17. The molecule has 0 fully saturated rings. The Morgan fingerprint density at radius 2 is 0.925 bits per heavy atom. The number of furan rings is 2. The highest BCUT2D eigenvalue weighted by atomic mass is 16.3. The fourth-order valence-electron chi connectivity index (χ4n) is 8.05. The topological polar surface area (TPSA) is 29.5 Å². The number of hydrogen-bond donors (Lipinski definition) is 0.